The smallest absolute Gasteiger partial charge is 0.0409 e. The number of nitrogens with zero attached hydrogens (tertiary/aromatic N) is 1. The van der Waals surface area contributed by atoms with E-state index in [1.807, 2.05) is 18.2 Å². The molecule has 0 amide bonds. The minimum absolute atomic E-state index is 0.0913. The van der Waals surface area contributed by atoms with Crippen LogP contribution in [0.4, 0.5) is 0 Å². The fourth-order valence-corrected chi connectivity index (χ4v) is 2.81. The number of halogens is 1. The molecule has 0 aliphatic carbocycles. The van der Waals surface area contributed by atoms with E-state index >= 15 is 0 Å². The Balaban J connectivity index is 1.80. The molecule has 1 aliphatic heterocycles. The molecular weight excluding hydrogens is 256 g/mol. The van der Waals surface area contributed by atoms with Gasteiger partial charge in [0.2, 0.25) is 0 Å². The normalized spacial score (nSPS) is 21.3. The second kappa shape index (κ2) is 6.25. The summed E-state index contributed by atoms with van der Waals surface area (Å²) in [6.45, 7) is 8.22. The number of rotatable bonds is 4. The van der Waals surface area contributed by atoms with Gasteiger partial charge in [-0.25, -0.2) is 0 Å². The molecule has 2 rings (SSSR count). The van der Waals surface area contributed by atoms with Crippen LogP contribution >= 0.6 is 11.6 Å². The van der Waals surface area contributed by atoms with Crippen molar-refractivity contribution in [2.24, 2.45) is 11.1 Å². The van der Waals surface area contributed by atoms with E-state index in [1.54, 1.807) is 0 Å². The molecule has 2 nitrogen and oxygen atoms in total. The minimum Gasteiger partial charge on any atom is -0.324 e. The van der Waals surface area contributed by atoms with Crippen LogP contribution in [0.15, 0.2) is 24.3 Å². The molecule has 0 bridgehead atoms. The Morgan fingerprint density at radius 1 is 1.32 bits per heavy atom. The maximum atomic E-state index is 6.25. The van der Waals surface area contributed by atoms with Crippen molar-refractivity contribution in [3.63, 3.8) is 0 Å². The van der Waals surface area contributed by atoms with Gasteiger partial charge in [0.25, 0.3) is 0 Å². The average molecular weight is 281 g/mol. The molecule has 1 aromatic rings. The summed E-state index contributed by atoms with van der Waals surface area (Å²) in [6, 6.07) is 8.00. The molecule has 0 saturated carbocycles. The van der Waals surface area contributed by atoms with Gasteiger partial charge in [-0.2, -0.15) is 0 Å². The summed E-state index contributed by atoms with van der Waals surface area (Å²) in [5.41, 5.74) is 7.91. The molecule has 1 unspecified atom stereocenters. The molecule has 0 aromatic heterocycles. The van der Waals surface area contributed by atoms with Gasteiger partial charge in [-0.3, -0.25) is 0 Å². The molecule has 0 spiro atoms. The van der Waals surface area contributed by atoms with E-state index in [2.05, 4.69) is 24.8 Å². The summed E-state index contributed by atoms with van der Waals surface area (Å²) in [6.07, 6.45) is 3.58. The van der Waals surface area contributed by atoms with Crippen molar-refractivity contribution < 1.29 is 0 Å². The number of nitrogens with two attached hydrogens (primary N) is 1. The fraction of sp³-hybridized carbons (Fsp3) is 0.625. The molecule has 1 heterocycles. The van der Waals surface area contributed by atoms with Crippen LogP contribution in [0.1, 0.15) is 44.7 Å². The highest BCUT2D eigenvalue weighted by molar-refractivity contribution is 6.30. The minimum atomic E-state index is 0.0913. The van der Waals surface area contributed by atoms with E-state index in [0.717, 1.165) is 23.6 Å². The monoisotopic (exact) mass is 280 g/mol. The molecule has 0 radical (unpaired) electrons. The van der Waals surface area contributed by atoms with Crippen molar-refractivity contribution in [3.8, 4) is 0 Å². The second-order valence-electron chi connectivity index (χ2n) is 6.46. The van der Waals surface area contributed by atoms with Gasteiger partial charge in [0.15, 0.2) is 0 Å². The Kier molecular flexibility index (Phi) is 4.88. The predicted molar refractivity (Wildman–Crippen MR) is 82.5 cm³/mol. The quantitative estimate of drug-likeness (QED) is 0.908. The van der Waals surface area contributed by atoms with Gasteiger partial charge in [0, 0.05) is 11.1 Å². The Morgan fingerprint density at radius 2 is 2.00 bits per heavy atom. The second-order valence-corrected chi connectivity index (χ2v) is 6.89. The molecule has 19 heavy (non-hydrogen) atoms. The Bertz CT molecular complexity index is 407. The van der Waals surface area contributed by atoms with Crippen molar-refractivity contribution in [1.29, 1.82) is 0 Å². The summed E-state index contributed by atoms with van der Waals surface area (Å²) in [5, 5.41) is 0.771. The third kappa shape index (κ3) is 4.48. The van der Waals surface area contributed by atoms with Crippen molar-refractivity contribution in [2.45, 2.75) is 39.2 Å². The van der Waals surface area contributed by atoms with Crippen LogP contribution in [0.3, 0.4) is 0 Å². The third-order valence-electron chi connectivity index (χ3n) is 4.24. The van der Waals surface area contributed by atoms with Crippen LogP contribution in [0, 0.1) is 5.41 Å². The van der Waals surface area contributed by atoms with Crippen LogP contribution in [0.2, 0.25) is 5.02 Å². The molecule has 1 aromatic carbocycles. The van der Waals surface area contributed by atoms with Crippen molar-refractivity contribution in [1.82, 2.24) is 4.90 Å². The number of likely N-dealkylation sites (tertiary alicyclic amines) is 1. The summed E-state index contributed by atoms with van der Waals surface area (Å²) in [4.78, 5) is 2.54. The van der Waals surface area contributed by atoms with Crippen molar-refractivity contribution in [3.05, 3.63) is 34.9 Å². The molecule has 1 fully saturated rings. The lowest BCUT2D eigenvalue weighted by atomic mass is 9.82. The first-order valence-electron chi connectivity index (χ1n) is 7.20. The number of hydrogen-bond acceptors (Lipinski definition) is 2. The van der Waals surface area contributed by atoms with Gasteiger partial charge >= 0.3 is 0 Å². The maximum absolute atomic E-state index is 6.25. The summed E-state index contributed by atoms with van der Waals surface area (Å²) in [5.74, 6) is 0. The molecule has 3 heteroatoms. The summed E-state index contributed by atoms with van der Waals surface area (Å²) >= 11 is 6.00. The highest BCUT2D eigenvalue weighted by atomic mass is 35.5. The molecule has 106 valence electrons. The molecular formula is C16H25ClN2. The number of piperidine rings is 1. The Morgan fingerprint density at radius 3 is 2.63 bits per heavy atom. The lowest BCUT2D eigenvalue weighted by Gasteiger charge is -2.37. The van der Waals surface area contributed by atoms with E-state index < -0.39 is 0 Å². The highest BCUT2D eigenvalue weighted by Crippen LogP contribution is 2.30. The zero-order valence-electron chi connectivity index (χ0n) is 12.0. The van der Waals surface area contributed by atoms with Crippen LogP contribution in [0.25, 0.3) is 0 Å². The van der Waals surface area contributed by atoms with Gasteiger partial charge in [0.1, 0.15) is 0 Å². The first-order chi connectivity index (χ1) is 8.96. The lowest BCUT2D eigenvalue weighted by molar-refractivity contribution is 0.129. The number of benzene rings is 1. The first-order valence-corrected chi connectivity index (χ1v) is 7.57. The predicted octanol–water partition coefficient (Wildman–Crippen LogP) is 3.85. The highest BCUT2D eigenvalue weighted by Gasteiger charge is 2.25. The van der Waals surface area contributed by atoms with E-state index in [0.29, 0.717) is 5.41 Å². The van der Waals surface area contributed by atoms with Crippen molar-refractivity contribution >= 4 is 11.6 Å². The van der Waals surface area contributed by atoms with Gasteiger partial charge < -0.3 is 10.6 Å². The SMILES string of the molecule is CC1(C)CCN(CCC(N)c2cccc(Cl)c2)CC1. The Labute approximate surface area is 121 Å². The van der Waals surface area contributed by atoms with Gasteiger partial charge in [0.05, 0.1) is 0 Å². The number of hydrogen-bond donors (Lipinski definition) is 1. The van der Waals surface area contributed by atoms with E-state index in [4.69, 9.17) is 17.3 Å². The lowest BCUT2D eigenvalue weighted by Crippen LogP contribution is -2.38. The van der Waals surface area contributed by atoms with Crippen LogP contribution in [-0.2, 0) is 0 Å². The molecule has 1 saturated heterocycles. The fourth-order valence-electron chi connectivity index (χ4n) is 2.61. The van der Waals surface area contributed by atoms with Crippen LogP contribution in [0.5, 0.6) is 0 Å². The maximum Gasteiger partial charge on any atom is 0.0409 e. The standard InChI is InChI=1S/C16H25ClN2/c1-16(2)7-10-19(11-8-16)9-6-15(18)13-4-3-5-14(17)12-13/h3-5,12,15H,6-11,18H2,1-2H3. The molecule has 1 aliphatic rings. The average Bonchev–Trinajstić information content (AvgIpc) is 2.37. The van der Waals surface area contributed by atoms with Crippen LogP contribution < -0.4 is 5.73 Å². The third-order valence-corrected chi connectivity index (χ3v) is 4.48. The first kappa shape index (κ1) is 14.8. The topological polar surface area (TPSA) is 29.3 Å². The molecule has 2 N–H and O–H groups in total. The largest absolute Gasteiger partial charge is 0.324 e. The zero-order chi connectivity index (χ0) is 13.9. The van der Waals surface area contributed by atoms with Crippen LogP contribution in [-0.4, -0.2) is 24.5 Å². The van der Waals surface area contributed by atoms with E-state index in [1.165, 1.54) is 25.9 Å². The van der Waals surface area contributed by atoms with Gasteiger partial charge in [-0.05, 0) is 62.0 Å². The summed E-state index contributed by atoms with van der Waals surface area (Å²) < 4.78 is 0. The van der Waals surface area contributed by atoms with E-state index in [9.17, 15) is 0 Å². The van der Waals surface area contributed by atoms with Gasteiger partial charge in [-0.1, -0.05) is 37.6 Å². The van der Waals surface area contributed by atoms with E-state index in [-0.39, 0.29) is 6.04 Å². The van der Waals surface area contributed by atoms with Gasteiger partial charge in [-0.15, -0.1) is 0 Å². The Hall–Kier alpha value is -0.570. The zero-order valence-corrected chi connectivity index (χ0v) is 12.8. The van der Waals surface area contributed by atoms with Crippen molar-refractivity contribution in [2.75, 3.05) is 19.6 Å². The molecule has 1 atom stereocenters. The summed E-state index contributed by atoms with van der Waals surface area (Å²) in [7, 11) is 0.